The molecule has 0 unspecified atom stereocenters. The van der Waals surface area contributed by atoms with Gasteiger partial charge in [0.1, 0.15) is 6.61 Å². The Bertz CT molecular complexity index is 365. The molecule has 0 atom stereocenters. The van der Waals surface area contributed by atoms with Crippen LogP contribution in [-0.4, -0.2) is 15.0 Å². The molecular weight excluding hydrogens is 190 g/mol. The third-order valence-electron chi connectivity index (χ3n) is 1.62. The molecule has 2 N–H and O–H groups in total. The van der Waals surface area contributed by atoms with Crippen LogP contribution in [0.5, 0.6) is 0 Å². The maximum Gasteiger partial charge on any atom is 0.238 e. The molecule has 0 fully saturated rings. The standard InChI is InChI=1S/C8H11NO3S/c1-2-3-7-6-12-5-4-8(7)13(9,10)11/h2,4-5H,1,3,6H2,(H2,9,10,11). The first-order valence-electron chi connectivity index (χ1n) is 3.69. The van der Waals surface area contributed by atoms with Gasteiger partial charge in [0, 0.05) is 0 Å². The molecule has 0 aromatic carbocycles. The fraction of sp³-hybridized carbons (Fsp3) is 0.250. The van der Waals surface area contributed by atoms with Crippen molar-refractivity contribution in [3.8, 4) is 0 Å². The summed E-state index contributed by atoms with van der Waals surface area (Å²) in [5.41, 5.74) is 0.639. The highest BCUT2D eigenvalue weighted by molar-refractivity contribution is 7.93. The molecule has 13 heavy (non-hydrogen) atoms. The van der Waals surface area contributed by atoms with Crippen LogP contribution in [0.25, 0.3) is 0 Å². The van der Waals surface area contributed by atoms with E-state index >= 15 is 0 Å². The van der Waals surface area contributed by atoms with Crippen molar-refractivity contribution in [3.63, 3.8) is 0 Å². The van der Waals surface area contributed by atoms with Gasteiger partial charge in [0.05, 0.1) is 11.2 Å². The zero-order valence-electron chi connectivity index (χ0n) is 7.06. The Morgan fingerprint density at radius 3 is 2.92 bits per heavy atom. The molecule has 72 valence electrons. The first kappa shape index (κ1) is 10.0. The Labute approximate surface area is 77.4 Å². The van der Waals surface area contributed by atoms with E-state index < -0.39 is 10.0 Å². The van der Waals surface area contributed by atoms with E-state index in [1.54, 1.807) is 6.08 Å². The smallest absolute Gasteiger partial charge is 0.238 e. The van der Waals surface area contributed by atoms with E-state index in [4.69, 9.17) is 9.88 Å². The van der Waals surface area contributed by atoms with Crippen LogP contribution in [-0.2, 0) is 14.8 Å². The summed E-state index contributed by atoms with van der Waals surface area (Å²) in [6.07, 6.45) is 4.77. The van der Waals surface area contributed by atoms with Gasteiger partial charge in [-0.05, 0) is 18.1 Å². The van der Waals surface area contributed by atoms with Crippen LogP contribution in [0.1, 0.15) is 6.42 Å². The van der Waals surface area contributed by atoms with Crippen molar-refractivity contribution in [2.45, 2.75) is 6.42 Å². The zero-order valence-corrected chi connectivity index (χ0v) is 7.88. The zero-order chi connectivity index (χ0) is 9.90. The van der Waals surface area contributed by atoms with Gasteiger partial charge in [-0.2, -0.15) is 0 Å². The maximum atomic E-state index is 11.1. The molecule has 0 bridgehead atoms. The second-order valence-electron chi connectivity index (χ2n) is 2.62. The summed E-state index contributed by atoms with van der Waals surface area (Å²) in [6.45, 7) is 3.78. The molecular formula is C8H11NO3S. The lowest BCUT2D eigenvalue weighted by molar-refractivity contribution is 0.273. The number of allylic oxidation sites excluding steroid dienone is 2. The third kappa shape index (κ3) is 2.43. The Hall–Kier alpha value is -1.07. The summed E-state index contributed by atoms with van der Waals surface area (Å²) in [4.78, 5) is 0.138. The Morgan fingerprint density at radius 1 is 1.69 bits per heavy atom. The number of ether oxygens (including phenoxy) is 1. The molecule has 1 heterocycles. The van der Waals surface area contributed by atoms with Gasteiger partial charge in [0.25, 0.3) is 0 Å². The summed E-state index contributed by atoms with van der Waals surface area (Å²) in [7, 11) is -3.63. The van der Waals surface area contributed by atoms with Crippen molar-refractivity contribution in [1.29, 1.82) is 0 Å². The molecule has 0 aromatic heterocycles. The minimum Gasteiger partial charge on any atom is -0.497 e. The molecule has 0 aromatic rings. The number of primary sulfonamides is 1. The summed E-state index contributed by atoms with van der Waals surface area (Å²) >= 11 is 0. The molecule has 0 spiro atoms. The first-order valence-corrected chi connectivity index (χ1v) is 5.24. The highest BCUT2D eigenvalue weighted by Gasteiger charge is 2.17. The van der Waals surface area contributed by atoms with E-state index in [0.717, 1.165) is 0 Å². The van der Waals surface area contributed by atoms with Crippen molar-refractivity contribution >= 4 is 10.0 Å². The summed E-state index contributed by atoms with van der Waals surface area (Å²) in [5, 5.41) is 5.00. The molecule has 0 aliphatic carbocycles. The number of hydrogen-bond donors (Lipinski definition) is 1. The number of nitrogens with two attached hydrogens (primary N) is 1. The molecule has 1 aliphatic rings. The van der Waals surface area contributed by atoms with Crippen LogP contribution >= 0.6 is 0 Å². The third-order valence-corrected chi connectivity index (χ3v) is 2.66. The van der Waals surface area contributed by atoms with Crippen molar-refractivity contribution in [2.24, 2.45) is 5.14 Å². The average Bonchev–Trinajstić information content (AvgIpc) is 2.04. The van der Waals surface area contributed by atoms with E-state index in [-0.39, 0.29) is 11.5 Å². The van der Waals surface area contributed by atoms with E-state index in [0.29, 0.717) is 12.0 Å². The lowest BCUT2D eigenvalue weighted by Crippen LogP contribution is -2.18. The van der Waals surface area contributed by atoms with Gasteiger partial charge in [-0.25, -0.2) is 13.6 Å². The second-order valence-corrected chi connectivity index (χ2v) is 4.15. The van der Waals surface area contributed by atoms with Crippen LogP contribution in [0.2, 0.25) is 0 Å². The van der Waals surface area contributed by atoms with Gasteiger partial charge >= 0.3 is 0 Å². The van der Waals surface area contributed by atoms with Crippen LogP contribution in [0.3, 0.4) is 0 Å². The van der Waals surface area contributed by atoms with E-state index in [9.17, 15) is 8.42 Å². The maximum absolute atomic E-state index is 11.1. The predicted octanol–water partition coefficient (Wildman–Crippen LogP) is 0.649. The Kier molecular flexibility index (Phi) is 2.90. The minimum absolute atomic E-state index is 0.138. The topological polar surface area (TPSA) is 69.4 Å². The monoisotopic (exact) mass is 201 g/mol. The second kappa shape index (κ2) is 3.76. The van der Waals surface area contributed by atoms with Crippen LogP contribution in [0, 0.1) is 0 Å². The molecule has 0 radical (unpaired) electrons. The van der Waals surface area contributed by atoms with Crippen LogP contribution < -0.4 is 5.14 Å². The molecule has 5 heteroatoms. The lowest BCUT2D eigenvalue weighted by Gasteiger charge is -2.13. The van der Waals surface area contributed by atoms with Crippen molar-refractivity contribution in [2.75, 3.05) is 6.61 Å². The SMILES string of the molecule is C=CCC1=C(S(N)(=O)=O)C=COC1. The van der Waals surface area contributed by atoms with Crippen molar-refractivity contribution in [1.82, 2.24) is 0 Å². The number of hydrogen-bond acceptors (Lipinski definition) is 3. The molecule has 1 aliphatic heterocycles. The molecule has 0 saturated heterocycles. The average molecular weight is 201 g/mol. The van der Waals surface area contributed by atoms with Gasteiger partial charge in [-0.1, -0.05) is 6.08 Å². The van der Waals surface area contributed by atoms with Gasteiger partial charge in [-0.15, -0.1) is 6.58 Å². The number of sulfonamides is 1. The predicted molar refractivity (Wildman–Crippen MR) is 50.0 cm³/mol. The number of rotatable bonds is 3. The van der Waals surface area contributed by atoms with E-state index in [1.807, 2.05) is 0 Å². The summed E-state index contributed by atoms with van der Waals surface area (Å²) in [6, 6.07) is 0. The summed E-state index contributed by atoms with van der Waals surface area (Å²) in [5.74, 6) is 0. The summed E-state index contributed by atoms with van der Waals surface area (Å²) < 4.78 is 27.1. The molecule has 1 rings (SSSR count). The van der Waals surface area contributed by atoms with E-state index in [2.05, 4.69) is 6.58 Å². The lowest BCUT2D eigenvalue weighted by atomic mass is 10.1. The van der Waals surface area contributed by atoms with Crippen LogP contribution in [0.4, 0.5) is 0 Å². The van der Waals surface area contributed by atoms with Crippen LogP contribution in [0.15, 0.2) is 35.5 Å². The largest absolute Gasteiger partial charge is 0.497 e. The van der Waals surface area contributed by atoms with Gasteiger partial charge < -0.3 is 4.74 Å². The van der Waals surface area contributed by atoms with Gasteiger partial charge in [-0.3, -0.25) is 0 Å². The van der Waals surface area contributed by atoms with Crippen molar-refractivity contribution in [3.05, 3.63) is 35.5 Å². The van der Waals surface area contributed by atoms with Gasteiger partial charge in [0.2, 0.25) is 10.0 Å². The van der Waals surface area contributed by atoms with Crippen molar-refractivity contribution < 1.29 is 13.2 Å². The van der Waals surface area contributed by atoms with E-state index in [1.165, 1.54) is 12.3 Å². The first-order chi connectivity index (χ1) is 6.05. The fourth-order valence-electron chi connectivity index (χ4n) is 1.08. The fourth-order valence-corrected chi connectivity index (χ4v) is 1.87. The Balaban J connectivity index is 3.12. The quantitative estimate of drug-likeness (QED) is 0.681. The minimum atomic E-state index is -3.63. The molecule has 4 nitrogen and oxygen atoms in total. The highest BCUT2D eigenvalue weighted by Crippen LogP contribution is 2.19. The molecule has 0 amide bonds. The Morgan fingerprint density at radius 2 is 2.38 bits per heavy atom. The highest BCUT2D eigenvalue weighted by atomic mass is 32.2. The van der Waals surface area contributed by atoms with Gasteiger partial charge in [0.15, 0.2) is 0 Å². The molecule has 0 saturated carbocycles. The normalized spacial score (nSPS) is 17.0.